The third-order valence-electron chi connectivity index (χ3n) is 5.87. The van der Waals surface area contributed by atoms with Crippen LogP contribution in [0.2, 0.25) is 0 Å². The first-order valence-electron chi connectivity index (χ1n) is 13.2. The van der Waals surface area contributed by atoms with E-state index in [0.717, 1.165) is 0 Å². The topological polar surface area (TPSA) is 170 Å². The summed E-state index contributed by atoms with van der Waals surface area (Å²) in [6.07, 6.45) is 9.12. The summed E-state index contributed by atoms with van der Waals surface area (Å²) in [5, 5.41) is 33.8. The van der Waals surface area contributed by atoms with E-state index in [1.54, 1.807) is 0 Å². The molecule has 0 radical (unpaired) electrons. The molecule has 0 amide bonds. The number of nitrogens with zero attached hydrogens (tertiary/aromatic N) is 6. The molecule has 0 N–H and O–H groups in total. The maximum absolute atomic E-state index is 13.3. The van der Waals surface area contributed by atoms with Crippen LogP contribution in [0, 0.1) is 45.3 Å². The van der Waals surface area contributed by atoms with Crippen LogP contribution in [0.4, 0.5) is 0 Å². The van der Waals surface area contributed by atoms with Crippen LogP contribution >= 0.6 is 0 Å². The summed E-state index contributed by atoms with van der Waals surface area (Å²) < 4.78 is 55.6. The van der Waals surface area contributed by atoms with Gasteiger partial charge in [0.05, 0.1) is 24.3 Å². The normalized spacial score (nSPS) is 11.6. The minimum Gasteiger partial charge on any atom is -0.211 e. The van der Waals surface area contributed by atoms with Gasteiger partial charge in [-0.3, -0.25) is 0 Å². The number of sulfonamides is 2. The first-order valence-corrected chi connectivity index (χ1v) is 16.4. The molecule has 0 heterocycles. The molecule has 0 rings (SSSR count). The largest absolute Gasteiger partial charge is 0.229 e. The van der Waals surface area contributed by atoms with Gasteiger partial charge in [0.15, 0.2) is 5.08 Å². The Balaban J connectivity index is 5.37. The van der Waals surface area contributed by atoms with E-state index in [-0.39, 0.29) is 26.2 Å². The summed E-state index contributed by atoms with van der Waals surface area (Å²) in [5.41, 5.74) is 0. The van der Waals surface area contributed by atoms with E-state index in [1.807, 2.05) is 0 Å². The summed E-state index contributed by atoms with van der Waals surface area (Å²) >= 11 is 0. The lowest BCUT2D eigenvalue weighted by Gasteiger charge is -2.26. The third kappa shape index (κ3) is 17.8. The highest BCUT2D eigenvalue weighted by molar-refractivity contribution is 8.05. The highest BCUT2D eigenvalue weighted by Gasteiger charge is 2.32. The van der Waals surface area contributed by atoms with E-state index in [4.69, 9.17) is 21.0 Å². The zero-order valence-electron chi connectivity index (χ0n) is 22.0. The number of hydrogen-bond acceptors (Lipinski definition) is 8. The van der Waals surface area contributed by atoms with Gasteiger partial charge >= 0.3 is 0 Å². The van der Waals surface area contributed by atoms with Gasteiger partial charge in [0.1, 0.15) is 0 Å². The summed E-state index contributed by atoms with van der Waals surface area (Å²) in [6, 6.07) is 8.26. The highest BCUT2D eigenvalue weighted by Crippen LogP contribution is 2.16. The second-order valence-corrected chi connectivity index (χ2v) is 13.3. The maximum Gasteiger partial charge on any atom is 0.229 e. The molecule has 12 heteroatoms. The molecular weight excluding hydrogens is 512 g/mol. The van der Waals surface area contributed by atoms with Crippen LogP contribution < -0.4 is 0 Å². The molecule has 208 valence electrons. The summed E-state index contributed by atoms with van der Waals surface area (Å²) in [5.74, 6) is 0. The van der Waals surface area contributed by atoms with Crippen LogP contribution in [0.5, 0.6) is 0 Å². The van der Waals surface area contributed by atoms with Gasteiger partial charge in [-0.25, -0.2) is 25.4 Å². The van der Waals surface area contributed by atoms with Crippen LogP contribution in [0.15, 0.2) is 0 Å². The average molecular weight is 555 g/mol. The van der Waals surface area contributed by atoms with Crippen molar-refractivity contribution in [2.24, 2.45) is 0 Å². The van der Waals surface area contributed by atoms with Crippen molar-refractivity contribution >= 4 is 20.0 Å². The van der Waals surface area contributed by atoms with Gasteiger partial charge < -0.3 is 0 Å². The van der Waals surface area contributed by atoms with Gasteiger partial charge in [0.25, 0.3) is 0 Å². The lowest BCUT2D eigenvalue weighted by molar-refractivity contribution is 0.380. The smallest absolute Gasteiger partial charge is 0.211 e. The van der Waals surface area contributed by atoms with Gasteiger partial charge in [0, 0.05) is 51.9 Å². The van der Waals surface area contributed by atoms with Crippen molar-refractivity contribution in [1.82, 2.24) is 8.61 Å². The maximum atomic E-state index is 13.3. The first-order chi connectivity index (χ1) is 17.7. The molecule has 0 aromatic heterocycles. The van der Waals surface area contributed by atoms with E-state index >= 15 is 0 Å². The molecule has 37 heavy (non-hydrogen) atoms. The molecule has 0 fully saturated rings. The van der Waals surface area contributed by atoms with Crippen molar-refractivity contribution in [1.29, 1.82) is 21.0 Å². The van der Waals surface area contributed by atoms with Crippen molar-refractivity contribution in [2.45, 2.75) is 103 Å². The predicted octanol–water partition coefficient (Wildman–Crippen LogP) is 4.54. The van der Waals surface area contributed by atoms with Crippen molar-refractivity contribution in [3.8, 4) is 24.3 Å². The van der Waals surface area contributed by atoms with Gasteiger partial charge in [-0.1, -0.05) is 25.7 Å². The molecule has 0 aliphatic carbocycles. The molecule has 0 bridgehead atoms. The molecule has 0 unspecified atom stereocenters. The van der Waals surface area contributed by atoms with Crippen molar-refractivity contribution < 1.29 is 16.8 Å². The van der Waals surface area contributed by atoms with E-state index < -0.39 is 25.1 Å². The predicted molar refractivity (Wildman–Crippen MR) is 142 cm³/mol. The Bertz CT molecular complexity index is 860. The van der Waals surface area contributed by atoms with Crippen molar-refractivity contribution in [3.63, 3.8) is 0 Å². The van der Waals surface area contributed by atoms with Crippen molar-refractivity contribution in [3.05, 3.63) is 0 Å². The minimum atomic E-state index is -4.10. The zero-order chi connectivity index (χ0) is 27.8. The highest BCUT2D eigenvalue weighted by atomic mass is 32.3. The van der Waals surface area contributed by atoms with Crippen LogP contribution in [-0.4, -0.2) is 56.7 Å². The Kier molecular flexibility index (Phi) is 20.5. The fraction of sp³-hybridized carbons (Fsp3) is 0.840. The third-order valence-corrected chi connectivity index (χ3v) is 10.6. The van der Waals surface area contributed by atoms with Crippen LogP contribution in [-0.2, 0) is 20.0 Å². The quantitative estimate of drug-likeness (QED) is 0.156. The summed E-state index contributed by atoms with van der Waals surface area (Å²) in [7, 11) is -8.20. The molecular formula is C25H42N6O4S2. The van der Waals surface area contributed by atoms with Crippen LogP contribution in [0.1, 0.15) is 103 Å². The molecule has 0 saturated carbocycles. The van der Waals surface area contributed by atoms with Crippen LogP contribution in [0.25, 0.3) is 0 Å². The molecule has 0 aliphatic heterocycles. The van der Waals surface area contributed by atoms with Gasteiger partial charge in [-0.15, -0.1) is 0 Å². The van der Waals surface area contributed by atoms with E-state index in [1.165, 1.54) is 8.61 Å². The SMILES string of the molecule is N#CCCCCCN(CCCCCC#N)S(=O)(=O)CS(=O)(=O)N(CCCCCC#N)CCCCCC#N. The number of hydrogen-bond donors (Lipinski definition) is 0. The van der Waals surface area contributed by atoms with Gasteiger partial charge in [-0.2, -0.15) is 21.0 Å². The number of nitriles is 4. The second-order valence-electron chi connectivity index (χ2n) is 9.01. The van der Waals surface area contributed by atoms with Gasteiger partial charge in [0.2, 0.25) is 20.0 Å². The molecule has 0 atom stereocenters. The Morgan fingerprint density at radius 3 is 0.865 bits per heavy atom. The molecule has 0 saturated heterocycles. The van der Waals surface area contributed by atoms with Gasteiger partial charge in [-0.05, 0) is 51.4 Å². The second kappa shape index (κ2) is 21.8. The lowest BCUT2D eigenvalue weighted by atomic mass is 10.2. The molecule has 0 aliphatic rings. The Labute approximate surface area is 224 Å². The molecule has 10 nitrogen and oxygen atoms in total. The van der Waals surface area contributed by atoms with Crippen LogP contribution in [0.3, 0.4) is 0 Å². The first kappa shape index (κ1) is 34.8. The fourth-order valence-corrected chi connectivity index (χ4v) is 8.12. The monoisotopic (exact) mass is 554 g/mol. The van der Waals surface area contributed by atoms with E-state index in [2.05, 4.69) is 24.3 Å². The lowest BCUT2D eigenvalue weighted by Crippen LogP contribution is -2.42. The Hall–Kier alpha value is -2.22. The zero-order valence-corrected chi connectivity index (χ0v) is 23.6. The number of unbranched alkanes of at least 4 members (excludes halogenated alkanes) is 12. The molecule has 0 spiro atoms. The summed E-state index contributed by atoms with van der Waals surface area (Å²) in [6.45, 7) is 0.793. The Morgan fingerprint density at radius 1 is 0.405 bits per heavy atom. The van der Waals surface area contributed by atoms with Crippen molar-refractivity contribution in [2.75, 3.05) is 31.3 Å². The van der Waals surface area contributed by atoms with E-state index in [9.17, 15) is 16.8 Å². The fourth-order valence-electron chi connectivity index (χ4n) is 3.79. The standard InChI is InChI=1S/C25H42N6O4S2/c26-17-9-1-5-13-21-30(22-14-6-2-10-18-27)36(32,33)25-37(34,35)31(23-15-7-3-11-19-28)24-16-8-4-12-20-29/h1-16,21-25H2. The Morgan fingerprint density at radius 2 is 0.649 bits per heavy atom. The minimum absolute atomic E-state index is 0.198. The number of rotatable bonds is 24. The molecule has 0 aromatic carbocycles. The molecule has 0 aromatic rings. The van der Waals surface area contributed by atoms with E-state index in [0.29, 0.717) is 103 Å². The summed E-state index contributed by atoms with van der Waals surface area (Å²) in [4.78, 5) is 0. The average Bonchev–Trinajstić information content (AvgIpc) is 2.84.